The Labute approximate surface area is 110 Å². The molecule has 1 aromatic rings. The summed E-state index contributed by atoms with van der Waals surface area (Å²) in [5.41, 5.74) is 0.172. The maximum Gasteiger partial charge on any atom is 0.238 e. The summed E-state index contributed by atoms with van der Waals surface area (Å²) in [5.74, 6) is -0.363. The predicted molar refractivity (Wildman–Crippen MR) is 67.8 cm³/mol. The zero-order valence-electron chi connectivity index (χ0n) is 9.39. The van der Waals surface area contributed by atoms with Crippen molar-refractivity contribution in [2.75, 3.05) is 11.9 Å². The lowest BCUT2D eigenvalue weighted by Crippen LogP contribution is -2.15. The van der Waals surface area contributed by atoms with E-state index in [1.807, 2.05) is 0 Å². The first kappa shape index (κ1) is 14.9. The largest absolute Gasteiger partial charge is 0.396 e. The predicted octanol–water partition coefficient (Wildman–Crippen LogP) is 0.698. The van der Waals surface area contributed by atoms with Gasteiger partial charge in [-0.3, -0.25) is 4.79 Å². The topological polar surface area (TPSA) is 109 Å². The third kappa shape index (κ3) is 4.26. The van der Waals surface area contributed by atoms with Gasteiger partial charge in [-0.15, -0.1) is 0 Å². The summed E-state index contributed by atoms with van der Waals surface area (Å²) in [6.07, 6.45) is 0.435. The fraction of sp³-hybridized carbons (Fsp3) is 0.300. The minimum Gasteiger partial charge on any atom is -0.396 e. The van der Waals surface area contributed by atoms with E-state index in [1.165, 1.54) is 18.2 Å². The van der Waals surface area contributed by atoms with Crippen LogP contribution < -0.4 is 10.5 Å². The first-order chi connectivity index (χ1) is 8.34. The Morgan fingerprint density at radius 3 is 2.67 bits per heavy atom. The van der Waals surface area contributed by atoms with Crippen molar-refractivity contribution < 1.29 is 18.3 Å². The fourth-order valence-corrected chi connectivity index (χ4v) is 1.93. The van der Waals surface area contributed by atoms with E-state index in [0.717, 1.165) is 0 Å². The van der Waals surface area contributed by atoms with Gasteiger partial charge in [0.1, 0.15) is 0 Å². The molecule has 1 amide bonds. The van der Waals surface area contributed by atoms with E-state index in [2.05, 4.69) is 5.32 Å². The first-order valence-corrected chi connectivity index (χ1v) is 7.00. The molecule has 100 valence electrons. The van der Waals surface area contributed by atoms with Gasteiger partial charge in [-0.1, -0.05) is 11.6 Å². The van der Waals surface area contributed by atoms with Gasteiger partial charge < -0.3 is 10.4 Å². The van der Waals surface area contributed by atoms with Gasteiger partial charge in [-0.05, 0) is 24.6 Å². The van der Waals surface area contributed by atoms with Crippen LogP contribution in [0.4, 0.5) is 5.69 Å². The number of nitrogens with two attached hydrogens (primary N) is 1. The number of rotatable bonds is 5. The molecular weight excluding hydrogens is 280 g/mol. The Kier molecular flexibility index (Phi) is 5.09. The number of carbonyl (C=O) groups excluding carboxylic acids is 1. The molecule has 8 heteroatoms. The third-order valence-electron chi connectivity index (χ3n) is 2.10. The number of hydrogen-bond donors (Lipinski definition) is 3. The molecular formula is C10H13ClN2O4S. The molecule has 0 saturated heterocycles. The van der Waals surface area contributed by atoms with Crippen molar-refractivity contribution in [1.29, 1.82) is 0 Å². The van der Waals surface area contributed by atoms with Crippen molar-refractivity contribution in [3.05, 3.63) is 23.2 Å². The van der Waals surface area contributed by atoms with E-state index < -0.39 is 10.0 Å². The monoisotopic (exact) mass is 292 g/mol. The quantitative estimate of drug-likeness (QED) is 0.742. The third-order valence-corrected chi connectivity index (χ3v) is 3.34. The summed E-state index contributed by atoms with van der Waals surface area (Å²) in [6, 6.07) is 3.78. The van der Waals surface area contributed by atoms with Gasteiger partial charge in [0.15, 0.2) is 0 Å². The van der Waals surface area contributed by atoms with Crippen LogP contribution >= 0.6 is 11.6 Å². The lowest BCUT2D eigenvalue weighted by atomic mass is 10.2. The molecule has 0 radical (unpaired) electrons. The van der Waals surface area contributed by atoms with Crippen molar-refractivity contribution in [3.8, 4) is 0 Å². The van der Waals surface area contributed by atoms with Crippen LogP contribution in [0.15, 0.2) is 23.1 Å². The van der Waals surface area contributed by atoms with Crippen LogP contribution in [-0.2, 0) is 14.8 Å². The lowest BCUT2D eigenvalue weighted by molar-refractivity contribution is -0.116. The van der Waals surface area contributed by atoms with E-state index in [4.69, 9.17) is 21.8 Å². The summed E-state index contributed by atoms with van der Waals surface area (Å²) in [4.78, 5) is 11.3. The van der Waals surface area contributed by atoms with Crippen LogP contribution in [0.2, 0.25) is 5.02 Å². The van der Waals surface area contributed by atoms with E-state index in [-0.39, 0.29) is 34.5 Å². The zero-order chi connectivity index (χ0) is 13.8. The average Bonchev–Trinajstić information content (AvgIpc) is 2.28. The Balaban J connectivity index is 2.92. The van der Waals surface area contributed by atoms with Crippen LogP contribution in [0.1, 0.15) is 12.8 Å². The highest BCUT2D eigenvalue weighted by molar-refractivity contribution is 7.89. The lowest BCUT2D eigenvalue weighted by Gasteiger charge is -2.08. The molecule has 0 unspecified atom stereocenters. The first-order valence-electron chi connectivity index (χ1n) is 5.07. The number of nitrogens with one attached hydrogen (secondary N) is 1. The Hall–Kier alpha value is -1.15. The number of hydrogen-bond acceptors (Lipinski definition) is 4. The number of carbonyl (C=O) groups is 1. The summed E-state index contributed by atoms with van der Waals surface area (Å²) < 4.78 is 22.3. The molecule has 0 bridgehead atoms. The highest BCUT2D eigenvalue weighted by atomic mass is 35.5. The number of benzene rings is 1. The van der Waals surface area contributed by atoms with Gasteiger partial charge in [0, 0.05) is 13.0 Å². The van der Waals surface area contributed by atoms with Crippen LogP contribution in [0, 0.1) is 0 Å². The average molecular weight is 293 g/mol. The Morgan fingerprint density at radius 2 is 2.11 bits per heavy atom. The number of anilines is 1. The van der Waals surface area contributed by atoms with Crippen molar-refractivity contribution >= 4 is 33.2 Å². The molecule has 6 nitrogen and oxygen atoms in total. The number of aliphatic hydroxyl groups is 1. The normalized spacial score (nSPS) is 11.3. The molecule has 0 atom stereocenters. The van der Waals surface area contributed by atoms with Gasteiger partial charge in [0.2, 0.25) is 15.9 Å². The molecule has 1 rings (SSSR count). The molecule has 0 aromatic heterocycles. The van der Waals surface area contributed by atoms with E-state index >= 15 is 0 Å². The summed E-state index contributed by atoms with van der Waals surface area (Å²) >= 11 is 5.82. The van der Waals surface area contributed by atoms with Gasteiger partial charge >= 0.3 is 0 Å². The molecule has 0 fully saturated rings. The van der Waals surface area contributed by atoms with Gasteiger partial charge in [-0.2, -0.15) is 0 Å². The molecule has 0 heterocycles. The minimum atomic E-state index is -3.84. The second-order valence-corrected chi connectivity index (χ2v) is 5.53. The van der Waals surface area contributed by atoms with Crippen LogP contribution in [-0.4, -0.2) is 26.0 Å². The van der Waals surface area contributed by atoms with Gasteiger partial charge in [0.25, 0.3) is 0 Å². The smallest absolute Gasteiger partial charge is 0.238 e. The zero-order valence-corrected chi connectivity index (χ0v) is 11.0. The molecule has 18 heavy (non-hydrogen) atoms. The molecule has 1 aromatic carbocycles. The minimum absolute atomic E-state index is 0.0988. The number of aliphatic hydroxyl groups excluding tert-OH is 1. The molecule has 0 spiro atoms. The maximum atomic E-state index is 11.4. The fourth-order valence-electron chi connectivity index (χ4n) is 1.23. The molecule has 0 aliphatic rings. The summed E-state index contributed by atoms with van der Waals surface area (Å²) in [7, 11) is -3.84. The van der Waals surface area contributed by atoms with Crippen molar-refractivity contribution in [3.63, 3.8) is 0 Å². The molecule has 4 N–H and O–H groups in total. The van der Waals surface area contributed by atoms with E-state index in [0.29, 0.717) is 6.42 Å². The Bertz CT molecular complexity index is 545. The summed E-state index contributed by atoms with van der Waals surface area (Å²) in [5, 5.41) is 16.2. The highest BCUT2D eigenvalue weighted by Crippen LogP contribution is 2.24. The van der Waals surface area contributed by atoms with Crippen LogP contribution in [0.25, 0.3) is 0 Å². The van der Waals surface area contributed by atoms with E-state index in [1.54, 1.807) is 0 Å². The van der Waals surface area contributed by atoms with Gasteiger partial charge in [0.05, 0.1) is 15.6 Å². The highest BCUT2D eigenvalue weighted by Gasteiger charge is 2.12. The second kappa shape index (κ2) is 6.14. The molecule has 0 aliphatic heterocycles. The molecule has 0 aliphatic carbocycles. The van der Waals surface area contributed by atoms with Crippen molar-refractivity contribution in [2.45, 2.75) is 17.7 Å². The number of halogens is 1. The molecule has 0 saturated carbocycles. The number of primary sulfonamides is 1. The number of sulfonamides is 1. The summed E-state index contributed by atoms with van der Waals surface area (Å²) in [6.45, 7) is -0.0988. The van der Waals surface area contributed by atoms with Crippen LogP contribution in [0.5, 0.6) is 0 Å². The number of amides is 1. The van der Waals surface area contributed by atoms with Crippen LogP contribution in [0.3, 0.4) is 0 Å². The standard InChI is InChI=1S/C10H13ClN2O4S/c11-8-4-3-7(18(12,16)17)6-9(8)13-10(15)2-1-5-14/h3-4,6,14H,1-2,5H2,(H,13,15)(H2,12,16,17). The van der Waals surface area contributed by atoms with E-state index in [9.17, 15) is 13.2 Å². The van der Waals surface area contributed by atoms with Gasteiger partial charge in [-0.25, -0.2) is 13.6 Å². The second-order valence-electron chi connectivity index (χ2n) is 3.56. The Morgan fingerprint density at radius 1 is 1.44 bits per heavy atom. The van der Waals surface area contributed by atoms with Crippen molar-refractivity contribution in [2.24, 2.45) is 5.14 Å². The maximum absolute atomic E-state index is 11.4. The SMILES string of the molecule is NS(=O)(=O)c1ccc(Cl)c(NC(=O)CCCO)c1. The van der Waals surface area contributed by atoms with Crippen molar-refractivity contribution in [1.82, 2.24) is 0 Å².